The number of aliphatic imine (C=N–C) groups is 1. The molecule has 0 bridgehead atoms. The van der Waals surface area contributed by atoms with Crippen molar-refractivity contribution in [2.45, 2.75) is 6.42 Å². The van der Waals surface area contributed by atoms with Crippen molar-refractivity contribution in [3.05, 3.63) is 54.5 Å². The van der Waals surface area contributed by atoms with Gasteiger partial charge in [-0.05, 0) is 24.3 Å². The second kappa shape index (κ2) is 5.75. The first kappa shape index (κ1) is 11.3. The Kier molecular flexibility index (Phi) is 3.81. The molecule has 0 saturated heterocycles. The Morgan fingerprint density at radius 3 is 2.71 bits per heavy atom. The minimum Gasteiger partial charge on any atom is -0.469 e. The molecule has 0 atom stereocenters. The van der Waals surface area contributed by atoms with Gasteiger partial charge in [-0.1, -0.05) is 18.2 Å². The summed E-state index contributed by atoms with van der Waals surface area (Å²) in [6.07, 6.45) is 2.41. The van der Waals surface area contributed by atoms with E-state index in [1.165, 1.54) is 0 Å². The Hall–Kier alpha value is -2.23. The minimum absolute atomic E-state index is 0.419. The van der Waals surface area contributed by atoms with Gasteiger partial charge < -0.3 is 15.5 Å². The quantitative estimate of drug-likeness (QED) is 0.624. The van der Waals surface area contributed by atoms with Crippen molar-refractivity contribution in [2.24, 2.45) is 10.7 Å². The van der Waals surface area contributed by atoms with Gasteiger partial charge in [-0.2, -0.15) is 0 Å². The molecule has 4 heteroatoms. The molecule has 0 aliphatic heterocycles. The first-order valence-corrected chi connectivity index (χ1v) is 5.49. The maximum absolute atomic E-state index is 5.75. The van der Waals surface area contributed by atoms with Crippen LogP contribution in [0.2, 0.25) is 0 Å². The lowest BCUT2D eigenvalue weighted by Gasteiger charge is -2.04. The number of rotatable bonds is 4. The molecule has 0 spiro atoms. The first-order valence-electron chi connectivity index (χ1n) is 5.49. The Morgan fingerprint density at radius 1 is 1.18 bits per heavy atom. The van der Waals surface area contributed by atoms with Crippen LogP contribution in [0.25, 0.3) is 0 Å². The molecule has 0 radical (unpaired) electrons. The molecule has 88 valence electrons. The summed E-state index contributed by atoms with van der Waals surface area (Å²) >= 11 is 0. The van der Waals surface area contributed by atoms with Crippen LogP contribution in [0.15, 0.2) is 58.1 Å². The summed E-state index contributed by atoms with van der Waals surface area (Å²) < 4.78 is 5.20. The van der Waals surface area contributed by atoms with Crippen LogP contribution in [-0.2, 0) is 6.42 Å². The molecule has 0 saturated carbocycles. The van der Waals surface area contributed by atoms with Crippen LogP contribution in [-0.4, -0.2) is 12.5 Å². The summed E-state index contributed by atoms with van der Waals surface area (Å²) in [7, 11) is 0. The number of nitrogens with two attached hydrogens (primary N) is 1. The summed E-state index contributed by atoms with van der Waals surface area (Å²) in [5.41, 5.74) is 6.69. The molecule has 1 aromatic carbocycles. The van der Waals surface area contributed by atoms with Gasteiger partial charge in [-0.15, -0.1) is 0 Å². The van der Waals surface area contributed by atoms with Gasteiger partial charge in [0.2, 0.25) is 0 Å². The molecule has 1 aromatic heterocycles. The molecular weight excluding hydrogens is 214 g/mol. The summed E-state index contributed by atoms with van der Waals surface area (Å²) in [5, 5.41) is 3.02. The fraction of sp³-hybridized carbons (Fsp3) is 0.154. The summed E-state index contributed by atoms with van der Waals surface area (Å²) in [6.45, 7) is 0.610. The summed E-state index contributed by atoms with van der Waals surface area (Å²) in [5.74, 6) is 1.34. The zero-order valence-corrected chi connectivity index (χ0v) is 9.47. The Morgan fingerprint density at radius 2 is 2.00 bits per heavy atom. The SMILES string of the molecule is NC(=NCCc1ccco1)Nc1ccccc1. The highest BCUT2D eigenvalue weighted by molar-refractivity contribution is 5.92. The van der Waals surface area contributed by atoms with E-state index < -0.39 is 0 Å². The van der Waals surface area contributed by atoms with Crippen molar-refractivity contribution in [1.29, 1.82) is 0 Å². The van der Waals surface area contributed by atoms with E-state index in [4.69, 9.17) is 10.2 Å². The Balaban J connectivity index is 1.81. The largest absolute Gasteiger partial charge is 0.469 e. The number of anilines is 1. The fourth-order valence-electron chi connectivity index (χ4n) is 1.45. The molecule has 0 aliphatic carbocycles. The second-order valence-corrected chi connectivity index (χ2v) is 3.59. The van der Waals surface area contributed by atoms with Crippen LogP contribution in [0.3, 0.4) is 0 Å². The lowest BCUT2D eigenvalue weighted by Crippen LogP contribution is -2.22. The lowest BCUT2D eigenvalue weighted by atomic mass is 10.3. The van der Waals surface area contributed by atoms with Gasteiger partial charge in [0.1, 0.15) is 5.76 Å². The van der Waals surface area contributed by atoms with E-state index in [9.17, 15) is 0 Å². The van der Waals surface area contributed by atoms with Crippen LogP contribution in [0.4, 0.5) is 5.69 Å². The van der Waals surface area contributed by atoms with Crippen LogP contribution in [0.1, 0.15) is 5.76 Å². The highest BCUT2D eigenvalue weighted by Crippen LogP contribution is 2.04. The second-order valence-electron chi connectivity index (χ2n) is 3.59. The third kappa shape index (κ3) is 3.68. The zero-order valence-electron chi connectivity index (χ0n) is 9.47. The molecule has 0 aliphatic rings. The van der Waals surface area contributed by atoms with E-state index >= 15 is 0 Å². The predicted molar refractivity (Wildman–Crippen MR) is 69.0 cm³/mol. The van der Waals surface area contributed by atoms with Gasteiger partial charge in [0.25, 0.3) is 0 Å². The molecule has 4 nitrogen and oxygen atoms in total. The normalized spacial score (nSPS) is 11.4. The minimum atomic E-state index is 0.419. The van der Waals surface area contributed by atoms with Gasteiger partial charge >= 0.3 is 0 Å². The number of para-hydroxylation sites is 1. The van der Waals surface area contributed by atoms with Crippen LogP contribution >= 0.6 is 0 Å². The molecule has 2 aromatic rings. The van der Waals surface area contributed by atoms with E-state index in [1.807, 2.05) is 42.5 Å². The highest BCUT2D eigenvalue weighted by atomic mass is 16.3. The van der Waals surface area contributed by atoms with E-state index in [2.05, 4.69) is 10.3 Å². The maximum atomic E-state index is 5.75. The van der Waals surface area contributed by atoms with Gasteiger partial charge in [-0.25, -0.2) is 0 Å². The average Bonchev–Trinajstić information content (AvgIpc) is 2.83. The van der Waals surface area contributed by atoms with Gasteiger partial charge in [-0.3, -0.25) is 4.99 Å². The maximum Gasteiger partial charge on any atom is 0.193 e. The fourth-order valence-corrected chi connectivity index (χ4v) is 1.45. The van der Waals surface area contributed by atoms with Crippen molar-refractivity contribution in [1.82, 2.24) is 0 Å². The number of hydrogen-bond acceptors (Lipinski definition) is 2. The van der Waals surface area contributed by atoms with Gasteiger partial charge in [0.15, 0.2) is 5.96 Å². The van der Waals surface area contributed by atoms with Crippen molar-refractivity contribution in [2.75, 3.05) is 11.9 Å². The Bertz CT molecular complexity index is 463. The third-order valence-corrected chi connectivity index (χ3v) is 2.27. The van der Waals surface area contributed by atoms with Gasteiger partial charge in [0.05, 0.1) is 6.26 Å². The molecule has 0 amide bonds. The third-order valence-electron chi connectivity index (χ3n) is 2.27. The number of nitrogens with zero attached hydrogens (tertiary/aromatic N) is 1. The van der Waals surface area contributed by atoms with Gasteiger partial charge in [0, 0.05) is 18.7 Å². The molecule has 3 N–H and O–H groups in total. The molecule has 0 fully saturated rings. The molecular formula is C13H15N3O. The number of hydrogen-bond donors (Lipinski definition) is 2. The van der Waals surface area contributed by atoms with Crippen molar-refractivity contribution in [3.63, 3.8) is 0 Å². The first-order chi connectivity index (χ1) is 8.34. The van der Waals surface area contributed by atoms with E-state index in [0.29, 0.717) is 12.5 Å². The van der Waals surface area contributed by atoms with Crippen molar-refractivity contribution in [3.8, 4) is 0 Å². The van der Waals surface area contributed by atoms with Crippen LogP contribution in [0.5, 0.6) is 0 Å². The monoisotopic (exact) mass is 229 g/mol. The molecule has 2 rings (SSSR count). The number of benzene rings is 1. The number of furan rings is 1. The molecule has 0 unspecified atom stereocenters. The molecule has 1 heterocycles. The van der Waals surface area contributed by atoms with E-state index in [0.717, 1.165) is 17.9 Å². The summed E-state index contributed by atoms with van der Waals surface area (Å²) in [4.78, 5) is 4.22. The Labute approximate surface area is 100 Å². The van der Waals surface area contributed by atoms with Crippen molar-refractivity contribution < 1.29 is 4.42 Å². The number of guanidine groups is 1. The van der Waals surface area contributed by atoms with Crippen LogP contribution in [0, 0.1) is 0 Å². The van der Waals surface area contributed by atoms with E-state index in [-0.39, 0.29) is 0 Å². The topological polar surface area (TPSA) is 63.5 Å². The van der Waals surface area contributed by atoms with Crippen molar-refractivity contribution >= 4 is 11.6 Å². The summed E-state index contributed by atoms with van der Waals surface area (Å²) in [6, 6.07) is 13.5. The zero-order chi connectivity index (χ0) is 11.9. The standard InChI is InChI=1S/C13H15N3O/c14-13(16-11-5-2-1-3-6-11)15-9-8-12-7-4-10-17-12/h1-7,10H,8-9H2,(H3,14,15,16). The highest BCUT2D eigenvalue weighted by Gasteiger charge is 1.96. The average molecular weight is 229 g/mol. The lowest BCUT2D eigenvalue weighted by molar-refractivity contribution is 0.511. The number of nitrogens with one attached hydrogen (secondary N) is 1. The predicted octanol–water partition coefficient (Wildman–Crippen LogP) is 2.25. The molecule has 17 heavy (non-hydrogen) atoms. The smallest absolute Gasteiger partial charge is 0.193 e. The van der Waals surface area contributed by atoms with Crippen LogP contribution < -0.4 is 11.1 Å². The van der Waals surface area contributed by atoms with E-state index in [1.54, 1.807) is 6.26 Å².